The molecule has 4 rings (SSSR count). The van der Waals surface area contributed by atoms with E-state index in [4.69, 9.17) is 4.74 Å². The summed E-state index contributed by atoms with van der Waals surface area (Å²) in [6.07, 6.45) is 1.58. The number of benzene rings is 3. The van der Waals surface area contributed by atoms with Gasteiger partial charge in [-0.1, -0.05) is 36.0 Å². The molecule has 1 heterocycles. The molecular weight excluding hydrogens is 438 g/mol. The molecule has 1 aromatic heterocycles. The minimum Gasteiger partial charge on any atom is -0.497 e. The molecule has 168 valence electrons. The van der Waals surface area contributed by atoms with Crippen molar-refractivity contribution in [2.75, 3.05) is 18.2 Å². The van der Waals surface area contributed by atoms with Crippen molar-refractivity contribution in [3.05, 3.63) is 78.1 Å². The molecule has 0 unspecified atom stereocenters. The van der Waals surface area contributed by atoms with Gasteiger partial charge in [0.05, 0.1) is 12.9 Å². The topological polar surface area (TPSA) is 98.1 Å². The lowest BCUT2D eigenvalue weighted by molar-refractivity contribution is -0.113. The number of nitrogens with one attached hydrogen (secondary N) is 2. The number of amides is 2. The molecule has 3 aromatic carbocycles. The van der Waals surface area contributed by atoms with Crippen LogP contribution >= 0.6 is 11.8 Å². The number of aromatic nitrogens is 3. The molecule has 2 N–H and O–H groups in total. The van der Waals surface area contributed by atoms with Gasteiger partial charge in [-0.05, 0) is 52.7 Å². The standard InChI is InChI=1S/C24H23N5O3S/c1-29-15-26-28-24(29)33-14-22(30)27-20-5-3-4-19(11-20)23(31)25-13-16-6-7-18-12-21(32-2)9-8-17(18)10-16/h3-12,15H,13-14H2,1-2H3,(H,25,31)(H,27,30). The van der Waals surface area contributed by atoms with Gasteiger partial charge in [-0.3, -0.25) is 9.59 Å². The van der Waals surface area contributed by atoms with Crippen LogP contribution in [-0.2, 0) is 18.4 Å². The number of carbonyl (C=O) groups is 2. The minimum atomic E-state index is -0.214. The van der Waals surface area contributed by atoms with Crippen molar-refractivity contribution in [2.45, 2.75) is 11.7 Å². The molecule has 0 saturated heterocycles. The van der Waals surface area contributed by atoms with Crippen LogP contribution in [0.5, 0.6) is 5.75 Å². The molecular formula is C24H23N5O3S. The molecule has 4 aromatic rings. The quantitative estimate of drug-likeness (QED) is 0.389. The highest BCUT2D eigenvalue weighted by atomic mass is 32.2. The second-order valence-electron chi connectivity index (χ2n) is 7.37. The van der Waals surface area contributed by atoms with E-state index in [1.807, 2.05) is 43.4 Å². The molecule has 0 spiro atoms. The molecule has 0 aliphatic rings. The summed E-state index contributed by atoms with van der Waals surface area (Å²) in [7, 11) is 3.46. The van der Waals surface area contributed by atoms with Crippen LogP contribution in [0.25, 0.3) is 10.8 Å². The lowest BCUT2D eigenvalue weighted by atomic mass is 10.1. The Morgan fingerprint density at radius 1 is 1.06 bits per heavy atom. The van der Waals surface area contributed by atoms with Crippen LogP contribution in [0.3, 0.4) is 0 Å². The highest BCUT2D eigenvalue weighted by Gasteiger charge is 2.10. The van der Waals surface area contributed by atoms with Gasteiger partial charge in [0.2, 0.25) is 5.91 Å². The van der Waals surface area contributed by atoms with E-state index >= 15 is 0 Å². The van der Waals surface area contributed by atoms with Crippen molar-refractivity contribution in [3.63, 3.8) is 0 Å². The molecule has 0 atom stereocenters. The summed E-state index contributed by atoms with van der Waals surface area (Å²) in [6.45, 7) is 0.395. The zero-order valence-corrected chi connectivity index (χ0v) is 19.1. The Hall–Kier alpha value is -3.85. The van der Waals surface area contributed by atoms with Gasteiger partial charge >= 0.3 is 0 Å². The van der Waals surface area contributed by atoms with Crippen molar-refractivity contribution < 1.29 is 14.3 Å². The molecule has 0 radical (unpaired) electrons. The Morgan fingerprint density at radius 3 is 2.67 bits per heavy atom. The van der Waals surface area contributed by atoms with Crippen molar-refractivity contribution in [1.29, 1.82) is 0 Å². The van der Waals surface area contributed by atoms with Gasteiger partial charge in [0, 0.05) is 24.8 Å². The van der Waals surface area contributed by atoms with E-state index in [2.05, 4.69) is 20.8 Å². The Balaban J connectivity index is 1.34. The van der Waals surface area contributed by atoms with Crippen molar-refractivity contribution in [2.24, 2.45) is 7.05 Å². The van der Waals surface area contributed by atoms with Crippen LogP contribution in [0.15, 0.2) is 72.1 Å². The minimum absolute atomic E-state index is 0.187. The number of ether oxygens (including phenoxy) is 1. The number of nitrogens with zero attached hydrogens (tertiary/aromatic N) is 3. The molecule has 0 fully saturated rings. The van der Waals surface area contributed by atoms with Gasteiger partial charge in [-0.2, -0.15) is 0 Å². The Kier molecular flexibility index (Phi) is 6.89. The van der Waals surface area contributed by atoms with Crippen LogP contribution < -0.4 is 15.4 Å². The molecule has 0 aliphatic carbocycles. The largest absolute Gasteiger partial charge is 0.497 e. The number of aryl methyl sites for hydroxylation is 1. The first kappa shape index (κ1) is 22.3. The van der Waals surface area contributed by atoms with Crippen LogP contribution in [-0.4, -0.2) is 39.4 Å². The first-order valence-electron chi connectivity index (χ1n) is 10.2. The lowest BCUT2D eigenvalue weighted by Crippen LogP contribution is -2.23. The number of rotatable bonds is 8. The normalized spacial score (nSPS) is 10.7. The molecule has 2 amide bonds. The number of hydrogen-bond donors (Lipinski definition) is 2. The van der Waals surface area contributed by atoms with Crippen LogP contribution in [0.2, 0.25) is 0 Å². The van der Waals surface area contributed by atoms with E-state index in [0.29, 0.717) is 23.0 Å². The van der Waals surface area contributed by atoms with Crippen LogP contribution in [0.4, 0.5) is 5.69 Å². The molecule has 0 bridgehead atoms. The number of hydrogen-bond acceptors (Lipinski definition) is 6. The summed E-state index contributed by atoms with van der Waals surface area (Å²) < 4.78 is 7.00. The van der Waals surface area contributed by atoms with Gasteiger partial charge < -0.3 is 19.9 Å². The van der Waals surface area contributed by atoms with Gasteiger partial charge in [-0.25, -0.2) is 0 Å². The summed E-state index contributed by atoms with van der Waals surface area (Å²) in [5, 5.41) is 16.3. The first-order chi connectivity index (χ1) is 16.0. The van der Waals surface area contributed by atoms with Crippen molar-refractivity contribution in [1.82, 2.24) is 20.1 Å². The maximum atomic E-state index is 12.7. The highest BCUT2D eigenvalue weighted by molar-refractivity contribution is 7.99. The predicted octanol–water partition coefficient (Wildman–Crippen LogP) is 3.64. The Morgan fingerprint density at radius 2 is 1.88 bits per heavy atom. The molecule has 8 nitrogen and oxygen atoms in total. The second kappa shape index (κ2) is 10.2. The van der Waals surface area contributed by atoms with E-state index in [1.54, 1.807) is 42.3 Å². The average molecular weight is 462 g/mol. The van der Waals surface area contributed by atoms with E-state index in [1.165, 1.54) is 11.8 Å². The summed E-state index contributed by atoms with van der Waals surface area (Å²) in [6, 6.07) is 18.8. The molecule has 9 heteroatoms. The third-order valence-corrected chi connectivity index (χ3v) is 6.01. The Bertz CT molecular complexity index is 1300. The fourth-order valence-corrected chi connectivity index (χ4v) is 3.95. The SMILES string of the molecule is COc1ccc2cc(CNC(=O)c3cccc(NC(=O)CSc4nncn4C)c3)ccc2c1. The van der Waals surface area contributed by atoms with Gasteiger partial charge in [-0.15, -0.1) is 10.2 Å². The zero-order chi connectivity index (χ0) is 23.2. The third-order valence-electron chi connectivity index (χ3n) is 4.98. The fraction of sp³-hybridized carbons (Fsp3) is 0.167. The zero-order valence-electron chi connectivity index (χ0n) is 18.2. The first-order valence-corrected chi connectivity index (χ1v) is 11.2. The fourth-order valence-electron chi connectivity index (χ4n) is 3.26. The van der Waals surface area contributed by atoms with E-state index in [9.17, 15) is 9.59 Å². The smallest absolute Gasteiger partial charge is 0.251 e. The molecule has 33 heavy (non-hydrogen) atoms. The van der Waals surface area contributed by atoms with E-state index < -0.39 is 0 Å². The molecule has 0 saturated carbocycles. The van der Waals surface area contributed by atoms with Crippen molar-refractivity contribution in [3.8, 4) is 5.75 Å². The van der Waals surface area contributed by atoms with E-state index in [0.717, 1.165) is 22.1 Å². The number of fused-ring (bicyclic) bond motifs is 1. The lowest BCUT2D eigenvalue weighted by Gasteiger charge is -2.09. The highest BCUT2D eigenvalue weighted by Crippen LogP contribution is 2.22. The predicted molar refractivity (Wildman–Crippen MR) is 128 cm³/mol. The van der Waals surface area contributed by atoms with Gasteiger partial charge in [0.25, 0.3) is 5.91 Å². The number of methoxy groups -OCH3 is 1. The summed E-state index contributed by atoms with van der Waals surface area (Å²) >= 11 is 1.29. The van der Waals surface area contributed by atoms with Gasteiger partial charge in [0.1, 0.15) is 12.1 Å². The average Bonchev–Trinajstić information content (AvgIpc) is 3.25. The number of thioether (sulfide) groups is 1. The summed E-state index contributed by atoms with van der Waals surface area (Å²) in [5.74, 6) is 0.599. The second-order valence-corrected chi connectivity index (χ2v) is 8.31. The monoisotopic (exact) mass is 461 g/mol. The number of anilines is 1. The van der Waals surface area contributed by atoms with Crippen LogP contribution in [0, 0.1) is 0 Å². The van der Waals surface area contributed by atoms with E-state index in [-0.39, 0.29) is 17.6 Å². The van der Waals surface area contributed by atoms with Crippen molar-refractivity contribution >= 4 is 40.0 Å². The number of carbonyl (C=O) groups excluding carboxylic acids is 2. The van der Waals surface area contributed by atoms with Gasteiger partial charge in [0.15, 0.2) is 5.16 Å². The molecule has 0 aliphatic heterocycles. The Labute approximate surface area is 195 Å². The maximum Gasteiger partial charge on any atom is 0.251 e. The third kappa shape index (κ3) is 5.69. The van der Waals surface area contributed by atoms with Crippen LogP contribution in [0.1, 0.15) is 15.9 Å². The summed E-state index contributed by atoms with van der Waals surface area (Å²) in [5.41, 5.74) is 2.02. The maximum absolute atomic E-state index is 12.7. The summed E-state index contributed by atoms with van der Waals surface area (Å²) in [4.78, 5) is 24.9.